The van der Waals surface area contributed by atoms with E-state index < -0.39 is 35.6 Å². The highest BCUT2D eigenvalue weighted by molar-refractivity contribution is 5.90. The third-order valence-electron chi connectivity index (χ3n) is 5.32. The summed E-state index contributed by atoms with van der Waals surface area (Å²) in [5, 5.41) is 0. The first-order valence-corrected chi connectivity index (χ1v) is 10.2. The van der Waals surface area contributed by atoms with E-state index in [4.69, 9.17) is 19.9 Å². The van der Waals surface area contributed by atoms with Crippen LogP contribution in [0.15, 0.2) is 71.8 Å². The van der Waals surface area contributed by atoms with Crippen LogP contribution in [-0.4, -0.2) is 44.8 Å². The van der Waals surface area contributed by atoms with Crippen LogP contribution in [0.25, 0.3) is 0 Å². The van der Waals surface area contributed by atoms with E-state index in [1.165, 1.54) is 6.33 Å². The second kappa shape index (κ2) is 9.21. The lowest BCUT2D eigenvalue weighted by molar-refractivity contribution is -0.122. The van der Waals surface area contributed by atoms with Crippen molar-refractivity contribution in [2.45, 2.75) is 31.3 Å². The first kappa shape index (κ1) is 22.2. The van der Waals surface area contributed by atoms with Crippen LogP contribution in [-0.2, 0) is 14.2 Å². The van der Waals surface area contributed by atoms with E-state index in [0.717, 1.165) is 4.57 Å². The number of esters is 2. The van der Waals surface area contributed by atoms with Crippen molar-refractivity contribution in [1.82, 2.24) is 14.5 Å². The summed E-state index contributed by atoms with van der Waals surface area (Å²) in [5.41, 5.74) is 4.30. The zero-order valence-corrected chi connectivity index (χ0v) is 17.8. The molecule has 1 aliphatic heterocycles. The van der Waals surface area contributed by atoms with Gasteiger partial charge < -0.3 is 19.9 Å². The fraction of sp³-hybridized carbons (Fsp3) is 0.261. The maximum absolute atomic E-state index is 12.7. The molecule has 33 heavy (non-hydrogen) atoms. The Morgan fingerprint density at radius 2 is 1.70 bits per heavy atom. The lowest BCUT2D eigenvalue weighted by atomic mass is 9.99. The van der Waals surface area contributed by atoms with Gasteiger partial charge in [-0.15, -0.1) is 0 Å². The fourth-order valence-corrected chi connectivity index (χ4v) is 3.53. The van der Waals surface area contributed by atoms with Gasteiger partial charge in [-0.05, 0) is 31.2 Å². The van der Waals surface area contributed by atoms with Crippen LogP contribution < -0.4 is 11.4 Å². The Morgan fingerprint density at radius 3 is 2.30 bits per heavy atom. The smallest absolute Gasteiger partial charge is 0.354 e. The van der Waals surface area contributed by atoms with Gasteiger partial charge in [0.05, 0.1) is 11.1 Å². The van der Waals surface area contributed by atoms with Crippen molar-refractivity contribution >= 4 is 17.9 Å². The van der Waals surface area contributed by atoms with E-state index in [9.17, 15) is 14.4 Å². The second-order valence-corrected chi connectivity index (χ2v) is 7.73. The summed E-state index contributed by atoms with van der Waals surface area (Å²) in [6, 6.07) is 17.0. The van der Waals surface area contributed by atoms with Gasteiger partial charge in [0.25, 0.3) is 0 Å². The quantitative estimate of drug-likeness (QED) is 0.559. The average Bonchev–Trinajstić information content (AvgIpc) is 3.14. The van der Waals surface area contributed by atoms with Crippen molar-refractivity contribution in [3.63, 3.8) is 0 Å². The highest BCUT2D eigenvalue weighted by Crippen LogP contribution is 2.38. The number of benzene rings is 2. The van der Waals surface area contributed by atoms with Crippen molar-refractivity contribution in [1.29, 1.82) is 0 Å². The van der Waals surface area contributed by atoms with Gasteiger partial charge in [-0.25, -0.2) is 19.4 Å². The lowest BCUT2D eigenvalue weighted by Gasteiger charge is -2.29. The summed E-state index contributed by atoms with van der Waals surface area (Å²) >= 11 is 0. The first-order chi connectivity index (χ1) is 15.9. The molecule has 3 atom stereocenters. The molecule has 1 saturated heterocycles. The minimum absolute atomic E-state index is 0.116. The van der Waals surface area contributed by atoms with Crippen LogP contribution in [0.1, 0.15) is 40.3 Å². The molecule has 1 aliphatic rings. The van der Waals surface area contributed by atoms with Crippen molar-refractivity contribution in [2.24, 2.45) is 0 Å². The Labute approximate surface area is 188 Å². The second-order valence-electron chi connectivity index (χ2n) is 7.73. The van der Waals surface area contributed by atoms with Gasteiger partial charge in [-0.2, -0.15) is 4.98 Å². The highest BCUT2D eigenvalue weighted by Gasteiger charge is 2.50. The Hall–Kier alpha value is -4.05. The van der Waals surface area contributed by atoms with E-state index in [-0.39, 0.29) is 19.0 Å². The Balaban J connectivity index is 1.56. The molecular weight excluding hydrogens is 428 g/mol. The maximum Gasteiger partial charge on any atom is 0.354 e. The van der Waals surface area contributed by atoms with Gasteiger partial charge in [0.1, 0.15) is 30.9 Å². The molecule has 2 aromatic carbocycles. The molecule has 0 spiro atoms. The number of hydrogen-bond donors (Lipinski definition) is 1. The van der Waals surface area contributed by atoms with Crippen LogP contribution in [0.4, 0.5) is 5.95 Å². The van der Waals surface area contributed by atoms with Gasteiger partial charge in [-0.1, -0.05) is 36.4 Å². The highest BCUT2D eigenvalue weighted by atomic mass is 16.6. The number of carbonyl (C=O) groups is 2. The lowest BCUT2D eigenvalue weighted by Crippen LogP contribution is -2.44. The van der Waals surface area contributed by atoms with Crippen LogP contribution in [0, 0.1) is 0 Å². The Morgan fingerprint density at radius 1 is 1.09 bits per heavy atom. The minimum Gasteiger partial charge on any atom is -0.459 e. The molecule has 170 valence electrons. The minimum atomic E-state index is -1.24. The molecule has 0 aliphatic carbocycles. The number of rotatable bonds is 6. The standard InChI is InChI=1S/C23H22N4O6/c1-23(13-31-19(28)15-8-4-2-5-9-15)17(32-20(29)16-10-6-3-7-11-16)12-18(33-23)27-14-25-21(24)26-22(27)30/h2-11,14,17-18H,12-13H2,1H3,(H2,24,26,30)/t17?,18-,23?/m1/s1. The van der Waals surface area contributed by atoms with Gasteiger partial charge in [0, 0.05) is 6.42 Å². The third kappa shape index (κ3) is 4.90. The molecule has 0 radical (unpaired) electrons. The van der Waals surface area contributed by atoms with Gasteiger partial charge in [0.15, 0.2) is 0 Å². The van der Waals surface area contributed by atoms with Crippen LogP contribution >= 0.6 is 0 Å². The van der Waals surface area contributed by atoms with Gasteiger partial charge >= 0.3 is 17.6 Å². The number of nitrogens with zero attached hydrogens (tertiary/aromatic N) is 3. The topological polar surface area (TPSA) is 136 Å². The summed E-state index contributed by atoms with van der Waals surface area (Å²) in [5.74, 6) is -1.28. The number of anilines is 1. The molecule has 0 bridgehead atoms. The molecule has 0 amide bonds. The largest absolute Gasteiger partial charge is 0.459 e. The molecule has 0 saturated carbocycles. The average molecular weight is 450 g/mol. The molecule has 2 heterocycles. The van der Waals surface area contributed by atoms with Gasteiger partial charge in [-0.3, -0.25) is 4.57 Å². The fourth-order valence-electron chi connectivity index (χ4n) is 3.53. The molecule has 10 nitrogen and oxygen atoms in total. The van der Waals surface area contributed by atoms with Crippen molar-refractivity contribution < 1.29 is 23.8 Å². The Bertz CT molecular complexity index is 1200. The zero-order chi connectivity index (χ0) is 23.4. The molecular formula is C23H22N4O6. The Kier molecular flexibility index (Phi) is 6.18. The summed E-state index contributed by atoms with van der Waals surface area (Å²) in [6.45, 7) is 1.44. The van der Waals surface area contributed by atoms with Crippen molar-refractivity contribution in [3.8, 4) is 0 Å². The van der Waals surface area contributed by atoms with Crippen LogP contribution in [0.3, 0.4) is 0 Å². The number of aromatic nitrogens is 3. The molecule has 2 N–H and O–H groups in total. The van der Waals surface area contributed by atoms with Crippen molar-refractivity contribution in [2.75, 3.05) is 12.3 Å². The monoisotopic (exact) mass is 450 g/mol. The summed E-state index contributed by atoms with van der Waals surface area (Å²) in [7, 11) is 0. The molecule has 10 heteroatoms. The van der Waals surface area contributed by atoms with E-state index in [1.54, 1.807) is 67.6 Å². The van der Waals surface area contributed by atoms with Crippen LogP contribution in [0.2, 0.25) is 0 Å². The number of nitrogen functional groups attached to an aromatic ring is 1. The third-order valence-corrected chi connectivity index (χ3v) is 5.32. The normalized spacial score (nSPS) is 22.0. The molecule has 2 unspecified atom stereocenters. The van der Waals surface area contributed by atoms with E-state index in [1.807, 2.05) is 0 Å². The number of nitrogens with two attached hydrogens (primary N) is 1. The SMILES string of the molecule is CC1(COC(=O)c2ccccc2)O[C@@H](n2cnc(N)nc2=O)CC1OC(=O)c1ccccc1. The first-order valence-electron chi connectivity index (χ1n) is 10.2. The zero-order valence-electron chi connectivity index (χ0n) is 17.8. The molecule has 1 aromatic heterocycles. The molecule has 3 aromatic rings. The number of hydrogen-bond acceptors (Lipinski definition) is 9. The summed E-state index contributed by atoms with van der Waals surface area (Å²) < 4.78 is 18.4. The number of ether oxygens (including phenoxy) is 3. The summed E-state index contributed by atoms with van der Waals surface area (Å²) in [6.07, 6.45) is -0.353. The summed E-state index contributed by atoms with van der Waals surface area (Å²) in [4.78, 5) is 44.9. The predicted octanol–water partition coefficient (Wildman–Crippen LogP) is 1.98. The van der Waals surface area contributed by atoms with E-state index in [2.05, 4.69) is 9.97 Å². The van der Waals surface area contributed by atoms with Crippen molar-refractivity contribution in [3.05, 3.63) is 88.6 Å². The van der Waals surface area contributed by atoms with E-state index in [0.29, 0.717) is 11.1 Å². The maximum atomic E-state index is 12.7. The van der Waals surface area contributed by atoms with Gasteiger partial charge in [0.2, 0.25) is 5.95 Å². The molecule has 4 rings (SSSR count). The predicted molar refractivity (Wildman–Crippen MR) is 116 cm³/mol. The number of carbonyl (C=O) groups excluding carboxylic acids is 2. The molecule has 1 fully saturated rings. The van der Waals surface area contributed by atoms with E-state index >= 15 is 0 Å². The van der Waals surface area contributed by atoms with Crippen LogP contribution in [0.5, 0.6) is 0 Å².